The van der Waals surface area contributed by atoms with Gasteiger partial charge in [-0.05, 0) is 24.1 Å². The van der Waals surface area contributed by atoms with Crippen molar-refractivity contribution >= 4 is 35.1 Å². The predicted molar refractivity (Wildman–Crippen MR) is 61.9 cm³/mol. The molecule has 1 aromatic rings. The van der Waals surface area contributed by atoms with Gasteiger partial charge in [-0.15, -0.1) is 0 Å². The number of rotatable bonds is 2. The summed E-state index contributed by atoms with van der Waals surface area (Å²) >= 11 is 11.9. The number of ether oxygens (including phenoxy) is 1. The van der Waals surface area contributed by atoms with Gasteiger partial charge in [-0.25, -0.2) is 4.79 Å². The summed E-state index contributed by atoms with van der Waals surface area (Å²) < 4.78 is 4.45. The van der Waals surface area contributed by atoms with Gasteiger partial charge in [0.05, 0.1) is 10.6 Å². The first kappa shape index (κ1) is 13.0. The van der Waals surface area contributed by atoms with Crippen LogP contribution in [0.25, 0.3) is 0 Å². The lowest BCUT2D eigenvalue weighted by molar-refractivity contribution is -0.135. The number of hydrogen-bond acceptors (Lipinski definition) is 3. The monoisotopic (exact) mass is 260 g/mol. The van der Waals surface area contributed by atoms with Gasteiger partial charge in [-0.3, -0.25) is 4.79 Å². The first-order valence-electron chi connectivity index (χ1n) is 4.67. The molecule has 86 valence electrons. The second kappa shape index (κ2) is 5.32. The first-order valence-corrected chi connectivity index (χ1v) is 5.42. The fourth-order valence-electron chi connectivity index (χ4n) is 1.26. The first-order chi connectivity index (χ1) is 7.47. The van der Waals surface area contributed by atoms with E-state index in [1.54, 1.807) is 6.07 Å². The van der Waals surface area contributed by atoms with Gasteiger partial charge in [0, 0.05) is 11.9 Å². The third kappa shape index (κ3) is 2.74. The molecule has 0 saturated heterocycles. The fraction of sp³-hybridized carbons (Fsp3) is 0.273. The molecule has 0 unspecified atom stereocenters. The molecule has 0 aliphatic carbocycles. The van der Waals surface area contributed by atoms with Crippen molar-refractivity contribution in [3.8, 4) is 0 Å². The predicted octanol–water partition coefficient (Wildman–Crippen LogP) is 3.26. The van der Waals surface area contributed by atoms with Crippen molar-refractivity contribution in [1.82, 2.24) is 0 Å². The lowest BCUT2D eigenvalue weighted by Gasteiger charge is -2.08. The Morgan fingerprint density at radius 2 is 1.94 bits per heavy atom. The minimum absolute atomic E-state index is 0.151. The zero-order chi connectivity index (χ0) is 12.3. The number of halogens is 2. The summed E-state index contributed by atoms with van der Waals surface area (Å²) in [5, 5.41) is 0.730. The van der Waals surface area contributed by atoms with Crippen LogP contribution in [-0.2, 0) is 16.0 Å². The van der Waals surface area contributed by atoms with E-state index in [4.69, 9.17) is 23.2 Å². The van der Waals surface area contributed by atoms with Gasteiger partial charge in [-0.2, -0.15) is 0 Å². The summed E-state index contributed by atoms with van der Waals surface area (Å²) in [5.74, 6) is -1.43. The van der Waals surface area contributed by atoms with Crippen LogP contribution in [0.1, 0.15) is 29.8 Å². The number of esters is 2. The van der Waals surface area contributed by atoms with Crippen molar-refractivity contribution in [3.05, 3.63) is 33.3 Å². The zero-order valence-electron chi connectivity index (χ0n) is 8.84. The summed E-state index contributed by atoms with van der Waals surface area (Å²) in [7, 11) is 0. The molecule has 5 heteroatoms. The van der Waals surface area contributed by atoms with Gasteiger partial charge in [0.2, 0.25) is 0 Å². The highest BCUT2D eigenvalue weighted by Gasteiger charge is 2.17. The van der Waals surface area contributed by atoms with E-state index in [2.05, 4.69) is 4.74 Å². The summed E-state index contributed by atoms with van der Waals surface area (Å²) in [6.45, 7) is 3.02. The maximum Gasteiger partial charge on any atom is 0.347 e. The molecule has 1 rings (SSSR count). The van der Waals surface area contributed by atoms with E-state index in [-0.39, 0.29) is 10.6 Å². The molecule has 0 N–H and O–H groups in total. The number of hydrogen-bond donors (Lipinski definition) is 0. The van der Waals surface area contributed by atoms with Crippen molar-refractivity contribution in [2.45, 2.75) is 20.3 Å². The largest absolute Gasteiger partial charge is 0.390 e. The van der Waals surface area contributed by atoms with Gasteiger partial charge >= 0.3 is 11.9 Å². The van der Waals surface area contributed by atoms with Crippen molar-refractivity contribution in [1.29, 1.82) is 0 Å². The zero-order valence-corrected chi connectivity index (χ0v) is 10.4. The standard InChI is InChI=1S/C11H10Cl2O3/c1-3-7-9(12)5-4-8(10(7)13)11(15)16-6(2)14/h4-5H,3H2,1-2H3. The second-order valence-corrected chi connectivity index (χ2v) is 3.91. The lowest BCUT2D eigenvalue weighted by atomic mass is 10.1. The van der Waals surface area contributed by atoms with E-state index in [0.717, 1.165) is 6.92 Å². The van der Waals surface area contributed by atoms with Gasteiger partial charge in [0.1, 0.15) is 0 Å². The van der Waals surface area contributed by atoms with Crippen LogP contribution >= 0.6 is 23.2 Å². The molecule has 16 heavy (non-hydrogen) atoms. The Labute approximate surface area is 103 Å². The second-order valence-electron chi connectivity index (χ2n) is 3.12. The molecule has 3 nitrogen and oxygen atoms in total. The summed E-state index contributed by atoms with van der Waals surface area (Å²) in [6, 6.07) is 3.00. The molecule has 0 radical (unpaired) electrons. The minimum atomic E-state index is -0.760. The maximum atomic E-state index is 11.5. The summed E-state index contributed by atoms with van der Waals surface area (Å²) in [5.41, 5.74) is 0.819. The molecular weight excluding hydrogens is 251 g/mol. The highest BCUT2D eigenvalue weighted by atomic mass is 35.5. The summed E-state index contributed by atoms with van der Waals surface area (Å²) in [6.07, 6.45) is 0.596. The SMILES string of the molecule is CCc1c(Cl)ccc(C(=O)OC(C)=O)c1Cl. The topological polar surface area (TPSA) is 43.4 Å². The number of carbonyl (C=O) groups excluding carboxylic acids is 2. The Balaban J connectivity index is 3.15. The summed E-state index contributed by atoms with van der Waals surface area (Å²) in [4.78, 5) is 22.1. The van der Waals surface area contributed by atoms with Crippen LogP contribution in [0, 0.1) is 0 Å². The number of carbonyl (C=O) groups is 2. The van der Waals surface area contributed by atoms with Gasteiger partial charge in [0.25, 0.3) is 0 Å². The van der Waals surface area contributed by atoms with E-state index >= 15 is 0 Å². The maximum absolute atomic E-state index is 11.5. The molecular formula is C11H10Cl2O3. The minimum Gasteiger partial charge on any atom is -0.390 e. The van der Waals surface area contributed by atoms with Crippen molar-refractivity contribution < 1.29 is 14.3 Å². The Morgan fingerprint density at radius 1 is 1.31 bits per heavy atom. The van der Waals surface area contributed by atoms with Crippen LogP contribution in [0.2, 0.25) is 10.0 Å². The van der Waals surface area contributed by atoms with Gasteiger partial charge < -0.3 is 4.74 Å². The molecule has 0 spiro atoms. The average molecular weight is 261 g/mol. The molecule has 0 saturated carbocycles. The highest BCUT2D eigenvalue weighted by Crippen LogP contribution is 2.29. The Morgan fingerprint density at radius 3 is 2.44 bits per heavy atom. The third-order valence-corrected chi connectivity index (χ3v) is 2.78. The van der Waals surface area contributed by atoms with Gasteiger partial charge in [0.15, 0.2) is 0 Å². The van der Waals surface area contributed by atoms with Gasteiger partial charge in [-0.1, -0.05) is 30.1 Å². The highest BCUT2D eigenvalue weighted by molar-refractivity contribution is 6.38. The molecule has 0 bridgehead atoms. The quantitative estimate of drug-likeness (QED) is 0.606. The van der Waals surface area contributed by atoms with Crippen LogP contribution in [0.15, 0.2) is 12.1 Å². The Kier molecular flexibility index (Phi) is 4.33. The molecule has 0 amide bonds. The molecule has 0 fully saturated rings. The molecule has 0 aromatic heterocycles. The van der Waals surface area contributed by atoms with E-state index in [1.165, 1.54) is 6.07 Å². The van der Waals surface area contributed by atoms with Crippen molar-refractivity contribution in [2.24, 2.45) is 0 Å². The fourth-order valence-corrected chi connectivity index (χ4v) is 1.98. The third-order valence-electron chi connectivity index (χ3n) is 2.00. The lowest BCUT2D eigenvalue weighted by Crippen LogP contribution is -2.10. The van der Waals surface area contributed by atoms with E-state index in [1.807, 2.05) is 6.92 Å². The van der Waals surface area contributed by atoms with Crippen LogP contribution in [-0.4, -0.2) is 11.9 Å². The van der Waals surface area contributed by atoms with Crippen LogP contribution in [0.3, 0.4) is 0 Å². The normalized spacial score (nSPS) is 10.0. The smallest absolute Gasteiger partial charge is 0.347 e. The van der Waals surface area contributed by atoms with E-state index < -0.39 is 11.9 Å². The average Bonchev–Trinajstić information content (AvgIpc) is 2.17. The van der Waals surface area contributed by atoms with Crippen LogP contribution in [0.5, 0.6) is 0 Å². The van der Waals surface area contributed by atoms with Crippen LogP contribution in [0.4, 0.5) is 0 Å². The Bertz CT molecular complexity index is 441. The molecule has 1 aromatic carbocycles. The molecule has 0 atom stereocenters. The molecule has 0 aliphatic heterocycles. The van der Waals surface area contributed by atoms with Crippen molar-refractivity contribution in [3.63, 3.8) is 0 Å². The van der Waals surface area contributed by atoms with E-state index in [9.17, 15) is 9.59 Å². The molecule has 0 aliphatic rings. The van der Waals surface area contributed by atoms with E-state index in [0.29, 0.717) is 17.0 Å². The molecule has 0 heterocycles. The van der Waals surface area contributed by atoms with Crippen molar-refractivity contribution in [2.75, 3.05) is 0 Å². The van der Waals surface area contributed by atoms with Crippen LogP contribution < -0.4 is 0 Å². The number of benzene rings is 1. The Hall–Kier alpha value is -1.06.